The van der Waals surface area contributed by atoms with Gasteiger partial charge in [0.25, 0.3) is 0 Å². The largest absolute Gasteiger partial charge is 0.0549 e. The van der Waals surface area contributed by atoms with Crippen LogP contribution in [0.3, 0.4) is 0 Å². The van der Waals surface area contributed by atoms with E-state index in [0.29, 0.717) is 0 Å². The Balaban J connectivity index is 1.35. The summed E-state index contributed by atoms with van der Waals surface area (Å²) in [6.45, 7) is 9.49. The van der Waals surface area contributed by atoms with Gasteiger partial charge in [-0.1, -0.05) is 36.4 Å². The summed E-state index contributed by atoms with van der Waals surface area (Å²) < 4.78 is 0. The number of hydrogen-bond donors (Lipinski definition) is 0. The highest BCUT2D eigenvalue weighted by molar-refractivity contribution is 6.23. The van der Waals surface area contributed by atoms with Crippen molar-refractivity contribution < 1.29 is 0 Å². The molecule has 0 aliphatic heterocycles. The van der Waals surface area contributed by atoms with E-state index in [4.69, 9.17) is 0 Å². The molecular weight excluding hydrogens is 577 g/mol. The van der Waals surface area contributed by atoms with Crippen LogP contribution in [0, 0.1) is 27.7 Å². The molecule has 6 aliphatic rings. The molecule has 5 aromatic carbocycles. The molecule has 2 fully saturated rings. The highest BCUT2D eigenvalue weighted by atomic mass is 14.5. The van der Waals surface area contributed by atoms with Crippen LogP contribution in [0.2, 0.25) is 0 Å². The lowest BCUT2D eigenvalue weighted by Crippen LogP contribution is -2.13. The van der Waals surface area contributed by atoms with Gasteiger partial charge in [0.15, 0.2) is 0 Å². The summed E-state index contributed by atoms with van der Waals surface area (Å²) in [5.41, 5.74) is 26.2. The summed E-state index contributed by atoms with van der Waals surface area (Å²) in [5, 5.41) is 6.16. The summed E-state index contributed by atoms with van der Waals surface area (Å²) in [6, 6.07) is 16.0. The molecule has 0 heterocycles. The van der Waals surface area contributed by atoms with E-state index in [1.807, 2.05) is 0 Å². The van der Waals surface area contributed by atoms with Crippen LogP contribution in [0.25, 0.3) is 43.8 Å². The summed E-state index contributed by atoms with van der Waals surface area (Å²) in [7, 11) is 0. The van der Waals surface area contributed by atoms with Gasteiger partial charge in [0.05, 0.1) is 0 Å². The number of hydrogen-bond acceptors (Lipinski definition) is 0. The van der Waals surface area contributed by atoms with E-state index >= 15 is 0 Å². The molecule has 2 saturated carbocycles. The molecule has 5 aromatic rings. The van der Waals surface area contributed by atoms with Crippen molar-refractivity contribution in [3.8, 4) is 22.3 Å². The minimum atomic E-state index is 0.745. The highest BCUT2D eigenvalue weighted by Crippen LogP contribution is 2.62. The van der Waals surface area contributed by atoms with Gasteiger partial charge < -0.3 is 0 Å². The number of aryl methyl sites for hydroxylation is 6. The zero-order chi connectivity index (χ0) is 32.0. The van der Waals surface area contributed by atoms with Crippen molar-refractivity contribution >= 4 is 21.5 Å². The fraction of sp³-hybridized carbons (Fsp3) is 0.458. The molecule has 4 atom stereocenters. The average molecular weight is 627 g/mol. The van der Waals surface area contributed by atoms with E-state index in [1.54, 1.807) is 66.8 Å². The Labute approximate surface area is 287 Å². The van der Waals surface area contributed by atoms with Gasteiger partial charge in [-0.15, -0.1) is 0 Å². The van der Waals surface area contributed by atoms with Gasteiger partial charge in [0.2, 0.25) is 0 Å². The molecule has 48 heavy (non-hydrogen) atoms. The van der Waals surface area contributed by atoms with Crippen molar-refractivity contribution in [3.05, 3.63) is 103 Å². The second kappa shape index (κ2) is 10.1. The summed E-state index contributed by atoms with van der Waals surface area (Å²) in [6.07, 6.45) is 18.8. The maximum atomic E-state index is 2.72. The minimum absolute atomic E-state index is 0.745. The lowest BCUT2D eigenvalue weighted by atomic mass is 9.72. The minimum Gasteiger partial charge on any atom is -0.0549 e. The van der Waals surface area contributed by atoms with Gasteiger partial charge in [-0.05, 0) is 252 Å². The molecule has 0 saturated heterocycles. The van der Waals surface area contributed by atoms with Crippen LogP contribution in [0.15, 0.2) is 36.4 Å². The van der Waals surface area contributed by atoms with Crippen LogP contribution in [0.5, 0.6) is 0 Å². The molecule has 242 valence electrons. The van der Waals surface area contributed by atoms with Crippen LogP contribution in [0.4, 0.5) is 0 Å². The van der Waals surface area contributed by atoms with E-state index in [-0.39, 0.29) is 0 Å². The fourth-order valence-electron chi connectivity index (χ4n) is 12.4. The van der Waals surface area contributed by atoms with Gasteiger partial charge in [-0.2, -0.15) is 0 Å². The van der Waals surface area contributed by atoms with Crippen LogP contribution in [-0.4, -0.2) is 0 Å². The monoisotopic (exact) mass is 626 g/mol. The normalized spacial score (nSPS) is 24.8. The van der Waals surface area contributed by atoms with Crippen molar-refractivity contribution in [1.29, 1.82) is 0 Å². The Morgan fingerprint density at radius 3 is 1.15 bits per heavy atom. The van der Waals surface area contributed by atoms with Gasteiger partial charge >= 0.3 is 0 Å². The molecule has 11 rings (SSSR count). The van der Waals surface area contributed by atoms with Gasteiger partial charge in [-0.3, -0.25) is 0 Å². The summed E-state index contributed by atoms with van der Waals surface area (Å²) in [4.78, 5) is 0. The van der Waals surface area contributed by atoms with E-state index in [0.717, 1.165) is 23.7 Å². The molecule has 0 N–H and O–H groups in total. The first kappa shape index (κ1) is 28.5. The van der Waals surface area contributed by atoms with Crippen LogP contribution < -0.4 is 0 Å². The third kappa shape index (κ3) is 3.73. The Kier molecular flexibility index (Phi) is 5.98. The third-order valence-corrected chi connectivity index (χ3v) is 14.9. The molecule has 0 amide bonds. The van der Waals surface area contributed by atoms with Gasteiger partial charge in [0, 0.05) is 0 Å². The number of fused-ring (bicyclic) bond motifs is 14. The lowest BCUT2D eigenvalue weighted by molar-refractivity contribution is 0.672. The summed E-state index contributed by atoms with van der Waals surface area (Å²) >= 11 is 0. The topological polar surface area (TPSA) is 0 Å². The van der Waals surface area contributed by atoms with E-state index in [2.05, 4.69) is 64.1 Å². The first-order valence-corrected chi connectivity index (χ1v) is 19.8. The third-order valence-electron chi connectivity index (χ3n) is 14.9. The van der Waals surface area contributed by atoms with Crippen molar-refractivity contribution in [1.82, 2.24) is 0 Å². The van der Waals surface area contributed by atoms with E-state index in [1.165, 1.54) is 134 Å². The Bertz CT molecular complexity index is 2030. The Hall–Kier alpha value is -3.38. The van der Waals surface area contributed by atoms with Crippen molar-refractivity contribution in [2.24, 2.45) is 0 Å². The van der Waals surface area contributed by atoms with Crippen molar-refractivity contribution in [2.75, 3.05) is 0 Å². The Morgan fingerprint density at radius 1 is 0.396 bits per heavy atom. The SMILES string of the molecule is Cc1cc2c(-c3c4c(cc5c3C3CCC5C3)CCCC4)c3cc(C)c(C)cc3c(-c3c4c(cc5c3C3CCC5C3)CCCC4)c2cc1C. The lowest BCUT2D eigenvalue weighted by Gasteiger charge is -2.32. The quantitative estimate of drug-likeness (QED) is 0.171. The van der Waals surface area contributed by atoms with E-state index in [9.17, 15) is 0 Å². The van der Waals surface area contributed by atoms with Crippen LogP contribution in [-0.2, 0) is 25.7 Å². The first-order chi connectivity index (χ1) is 23.4. The molecule has 0 heteroatoms. The maximum Gasteiger partial charge on any atom is -0.00203 e. The molecule has 4 bridgehead atoms. The fourth-order valence-corrected chi connectivity index (χ4v) is 12.4. The predicted octanol–water partition coefficient (Wildman–Crippen LogP) is 13.0. The van der Waals surface area contributed by atoms with Crippen molar-refractivity contribution in [3.63, 3.8) is 0 Å². The second-order valence-corrected chi connectivity index (χ2v) is 17.3. The Morgan fingerprint density at radius 2 is 0.750 bits per heavy atom. The molecule has 4 unspecified atom stereocenters. The number of benzene rings is 5. The zero-order valence-corrected chi connectivity index (χ0v) is 29.7. The van der Waals surface area contributed by atoms with Gasteiger partial charge in [-0.25, -0.2) is 0 Å². The van der Waals surface area contributed by atoms with Crippen LogP contribution in [0.1, 0.15) is 155 Å². The highest BCUT2D eigenvalue weighted by Gasteiger charge is 2.43. The molecule has 0 radical (unpaired) electrons. The standard InChI is InChI=1S/C48H50/c1-25-17-39-40(18-26(25)2)46(48-36-12-8-6-10-30(36)24-38-32-14-16-34(22-32)44(38)48)42-20-28(4)27(3)19-41(42)45(39)47-35-11-7-5-9-29(35)23-37-31-13-15-33(21-31)43(37)47/h17-20,23-24,31-34H,5-16,21-22H2,1-4H3. The maximum absolute atomic E-state index is 2.72. The first-order valence-electron chi connectivity index (χ1n) is 19.8. The smallest absolute Gasteiger partial charge is 0.00203 e. The molecule has 0 spiro atoms. The van der Waals surface area contributed by atoms with Crippen molar-refractivity contribution in [2.45, 2.75) is 141 Å². The van der Waals surface area contributed by atoms with Crippen LogP contribution >= 0.6 is 0 Å². The van der Waals surface area contributed by atoms with E-state index < -0.39 is 0 Å². The number of rotatable bonds is 2. The average Bonchev–Trinajstić information content (AvgIpc) is 3.90. The second-order valence-electron chi connectivity index (χ2n) is 17.3. The molecule has 0 nitrogen and oxygen atoms in total. The predicted molar refractivity (Wildman–Crippen MR) is 203 cm³/mol. The molecule has 0 aromatic heterocycles. The van der Waals surface area contributed by atoms with Gasteiger partial charge in [0.1, 0.15) is 0 Å². The molecular formula is C48H50. The molecule has 6 aliphatic carbocycles. The zero-order valence-electron chi connectivity index (χ0n) is 29.7. The summed E-state index contributed by atoms with van der Waals surface area (Å²) in [5.74, 6) is 3.06.